The number of benzene rings is 2. The molecule has 3 rings (SSSR count). The van der Waals surface area contributed by atoms with Gasteiger partial charge in [-0.2, -0.15) is 0 Å². The Labute approximate surface area is 118 Å². The van der Waals surface area contributed by atoms with Gasteiger partial charge in [0.05, 0.1) is 12.7 Å². The topological polar surface area (TPSA) is 38.3 Å². The summed E-state index contributed by atoms with van der Waals surface area (Å²) in [6.07, 6.45) is 0.859. The Kier molecular flexibility index (Phi) is 3.42. The summed E-state index contributed by atoms with van der Waals surface area (Å²) in [7, 11) is 1.42. The Hall–Kier alpha value is -2.29. The quantitative estimate of drug-likeness (QED) is 0.849. The van der Waals surface area contributed by atoms with Crippen LogP contribution in [0, 0.1) is 0 Å². The fourth-order valence-electron chi connectivity index (χ4n) is 2.79. The molecule has 0 radical (unpaired) electrons. The Morgan fingerprint density at radius 2 is 1.95 bits per heavy atom. The first-order valence-corrected chi connectivity index (χ1v) is 6.78. The van der Waals surface area contributed by atoms with Crippen LogP contribution in [0.5, 0.6) is 0 Å². The van der Waals surface area contributed by atoms with Crippen molar-refractivity contribution in [1.29, 1.82) is 0 Å². The van der Waals surface area contributed by atoms with Crippen molar-refractivity contribution in [2.24, 2.45) is 0 Å². The van der Waals surface area contributed by atoms with E-state index in [1.54, 1.807) is 0 Å². The lowest BCUT2D eigenvalue weighted by Gasteiger charge is -2.27. The van der Waals surface area contributed by atoms with E-state index >= 15 is 0 Å². The van der Waals surface area contributed by atoms with Crippen molar-refractivity contribution in [3.8, 4) is 0 Å². The highest BCUT2D eigenvalue weighted by Gasteiger charge is 2.24. The van der Waals surface area contributed by atoms with Crippen LogP contribution in [-0.2, 0) is 11.2 Å². The average Bonchev–Trinajstić information content (AvgIpc) is 2.54. The molecule has 0 amide bonds. The van der Waals surface area contributed by atoms with Gasteiger partial charge < -0.3 is 10.1 Å². The largest absolute Gasteiger partial charge is 0.465 e. The standard InChI is InChI=1S/C17H17NO2/c1-20-17(19)14-8-5-9-16-15(14)10-13(11-18-16)12-6-3-2-4-7-12/h2-9,13,18H,10-11H2,1H3. The van der Waals surface area contributed by atoms with Crippen LogP contribution in [0.2, 0.25) is 0 Å². The van der Waals surface area contributed by atoms with Crippen LogP contribution in [0.1, 0.15) is 27.4 Å². The molecule has 0 bridgehead atoms. The Balaban J connectivity index is 1.96. The molecule has 1 aliphatic heterocycles. The lowest BCUT2D eigenvalue weighted by molar-refractivity contribution is 0.0599. The predicted octanol–water partition coefficient (Wildman–Crippen LogP) is 3.23. The van der Waals surface area contributed by atoms with Crippen LogP contribution in [0.25, 0.3) is 0 Å². The molecule has 20 heavy (non-hydrogen) atoms. The van der Waals surface area contributed by atoms with E-state index in [0.29, 0.717) is 11.5 Å². The third-order valence-electron chi connectivity index (χ3n) is 3.84. The van der Waals surface area contributed by atoms with E-state index in [-0.39, 0.29) is 5.97 Å². The third-order valence-corrected chi connectivity index (χ3v) is 3.84. The van der Waals surface area contributed by atoms with Gasteiger partial charge in [-0.15, -0.1) is 0 Å². The number of carbonyl (C=O) groups is 1. The number of esters is 1. The minimum absolute atomic E-state index is 0.266. The van der Waals surface area contributed by atoms with Gasteiger partial charge in [0.2, 0.25) is 0 Å². The summed E-state index contributed by atoms with van der Waals surface area (Å²) >= 11 is 0. The lowest BCUT2D eigenvalue weighted by atomic mass is 9.86. The molecule has 0 saturated carbocycles. The molecule has 102 valence electrons. The Bertz CT molecular complexity index is 622. The van der Waals surface area contributed by atoms with Crippen molar-refractivity contribution in [2.45, 2.75) is 12.3 Å². The van der Waals surface area contributed by atoms with Crippen molar-refractivity contribution >= 4 is 11.7 Å². The molecule has 1 atom stereocenters. The van der Waals surface area contributed by atoms with Gasteiger partial charge >= 0.3 is 5.97 Å². The van der Waals surface area contributed by atoms with E-state index in [4.69, 9.17) is 4.74 Å². The number of nitrogens with one attached hydrogen (secondary N) is 1. The van der Waals surface area contributed by atoms with Crippen LogP contribution in [0.15, 0.2) is 48.5 Å². The molecule has 0 spiro atoms. The zero-order valence-corrected chi connectivity index (χ0v) is 11.4. The minimum atomic E-state index is -0.266. The molecule has 1 heterocycles. The van der Waals surface area contributed by atoms with Crippen LogP contribution < -0.4 is 5.32 Å². The number of ether oxygens (including phenoxy) is 1. The van der Waals surface area contributed by atoms with Gasteiger partial charge in [-0.1, -0.05) is 36.4 Å². The molecule has 0 aromatic heterocycles. The van der Waals surface area contributed by atoms with Crippen molar-refractivity contribution in [2.75, 3.05) is 19.0 Å². The summed E-state index contributed by atoms with van der Waals surface area (Å²) < 4.78 is 4.88. The first-order valence-electron chi connectivity index (χ1n) is 6.78. The Morgan fingerprint density at radius 3 is 2.70 bits per heavy atom. The van der Waals surface area contributed by atoms with E-state index in [1.807, 2.05) is 24.3 Å². The first kappa shape index (κ1) is 12.7. The molecule has 1 aliphatic rings. The zero-order valence-electron chi connectivity index (χ0n) is 11.4. The SMILES string of the molecule is COC(=O)c1cccc2c1CC(c1ccccc1)CN2. The van der Waals surface area contributed by atoms with Gasteiger partial charge in [0, 0.05) is 18.2 Å². The number of hydrogen-bond acceptors (Lipinski definition) is 3. The van der Waals surface area contributed by atoms with E-state index in [1.165, 1.54) is 12.7 Å². The third kappa shape index (κ3) is 2.27. The smallest absolute Gasteiger partial charge is 0.338 e. The van der Waals surface area contributed by atoms with Crippen LogP contribution in [-0.4, -0.2) is 19.6 Å². The van der Waals surface area contributed by atoms with Gasteiger partial charge in [-0.3, -0.25) is 0 Å². The van der Waals surface area contributed by atoms with Crippen molar-refractivity contribution in [3.05, 3.63) is 65.2 Å². The van der Waals surface area contributed by atoms with E-state index < -0.39 is 0 Å². The van der Waals surface area contributed by atoms with Crippen molar-refractivity contribution in [3.63, 3.8) is 0 Å². The van der Waals surface area contributed by atoms with Gasteiger partial charge in [0.1, 0.15) is 0 Å². The normalized spacial score (nSPS) is 16.9. The van der Waals surface area contributed by atoms with Crippen molar-refractivity contribution < 1.29 is 9.53 Å². The minimum Gasteiger partial charge on any atom is -0.465 e. The maximum atomic E-state index is 11.9. The summed E-state index contributed by atoms with van der Waals surface area (Å²) in [6, 6.07) is 16.1. The maximum Gasteiger partial charge on any atom is 0.338 e. The molecule has 0 aliphatic carbocycles. The second kappa shape index (κ2) is 5.37. The second-order valence-electron chi connectivity index (χ2n) is 5.02. The predicted molar refractivity (Wildman–Crippen MR) is 79.2 cm³/mol. The first-order chi connectivity index (χ1) is 9.79. The van der Waals surface area contributed by atoms with Gasteiger partial charge in [-0.25, -0.2) is 4.79 Å². The fourth-order valence-corrected chi connectivity index (χ4v) is 2.79. The molecule has 1 unspecified atom stereocenters. The van der Waals surface area contributed by atoms with E-state index in [0.717, 1.165) is 24.2 Å². The molecule has 3 heteroatoms. The fraction of sp³-hybridized carbons (Fsp3) is 0.235. The van der Waals surface area contributed by atoms with E-state index in [9.17, 15) is 4.79 Å². The number of fused-ring (bicyclic) bond motifs is 1. The van der Waals surface area contributed by atoms with E-state index in [2.05, 4.69) is 29.6 Å². The van der Waals surface area contributed by atoms with Gasteiger partial charge in [0.25, 0.3) is 0 Å². The Morgan fingerprint density at radius 1 is 1.15 bits per heavy atom. The highest BCUT2D eigenvalue weighted by molar-refractivity contribution is 5.93. The summed E-state index contributed by atoms with van der Waals surface area (Å²) in [5, 5.41) is 3.42. The molecule has 1 N–H and O–H groups in total. The van der Waals surface area contributed by atoms with Crippen LogP contribution >= 0.6 is 0 Å². The summed E-state index contributed by atoms with van der Waals surface area (Å²) in [6.45, 7) is 0.891. The van der Waals surface area contributed by atoms with Crippen LogP contribution in [0.3, 0.4) is 0 Å². The lowest BCUT2D eigenvalue weighted by Crippen LogP contribution is -2.23. The number of carbonyl (C=O) groups excluding carboxylic acids is 1. The second-order valence-corrected chi connectivity index (χ2v) is 5.02. The van der Waals surface area contributed by atoms with Crippen LogP contribution in [0.4, 0.5) is 5.69 Å². The number of anilines is 1. The molecule has 2 aromatic carbocycles. The molecule has 0 fully saturated rings. The summed E-state index contributed by atoms with van der Waals surface area (Å²) in [5.41, 5.74) is 4.06. The summed E-state index contributed by atoms with van der Waals surface area (Å²) in [4.78, 5) is 11.9. The molecule has 2 aromatic rings. The molecule has 0 saturated heterocycles. The molecular formula is C17H17NO2. The zero-order chi connectivity index (χ0) is 13.9. The highest BCUT2D eigenvalue weighted by atomic mass is 16.5. The highest BCUT2D eigenvalue weighted by Crippen LogP contribution is 2.32. The number of rotatable bonds is 2. The van der Waals surface area contributed by atoms with Gasteiger partial charge in [-0.05, 0) is 29.7 Å². The average molecular weight is 267 g/mol. The summed E-state index contributed by atoms with van der Waals surface area (Å²) in [5.74, 6) is 0.117. The monoisotopic (exact) mass is 267 g/mol. The van der Waals surface area contributed by atoms with Crippen molar-refractivity contribution in [1.82, 2.24) is 0 Å². The number of methoxy groups -OCH3 is 1. The van der Waals surface area contributed by atoms with Gasteiger partial charge in [0.15, 0.2) is 0 Å². The number of hydrogen-bond donors (Lipinski definition) is 1. The molecular weight excluding hydrogens is 250 g/mol. The maximum absolute atomic E-state index is 11.9. The molecule has 3 nitrogen and oxygen atoms in total.